The number of carbonyl (C=O) groups excluding carboxylic acids is 4. The number of β-lactam (4-membered cyclic amide) rings is 1. The second-order valence-corrected chi connectivity index (χ2v) is 11.7. The summed E-state index contributed by atoms with van der Waals surface area (Å²) in [5, 5.41) is 0. The van der Waals surface area contributed by atoms with Crippen molar-refractivity contribution < 1.29 is 23.9 Å². The number of amides is 4. The largest absolute Gasteiger partial charge is 0.347 e. The number of ether oxygens (including phenoxy) is 1. The molecule has 1 atom stereocenters. The van der Waals surface area contributed by atoms with Crippen molar-refractivity contribution in [1.82, 2.24) is 19.6 Å². The molecule has 232 valence electrons. The van der Waals surface area contributed by atoms with Gasteiger partial charge >= 0.3 is 0 Å². The van der Waals surface area contributed by atoms with Gasteiger partial charge in [0.05, 0.1) is 5.41 Å². The van der Waals surface area contributed by atoms with Gasteiger partial charge < -0.3 is 19.4 Å². The molecule has 9 heteroatoms. The zero-order valence-electron chi connectivity index (χ0n) is 26.0. The Bertz CT molecular complexity index is 1200. The molecule has 0 aliphatic carbocycles. The molecule has 2 saturated heterocycles. The summed E-state index contributed by atoms with van der Waals surface area (Å²) in [7, 11) is 2.02. The maximum atomic E-state index is 13.8. The van der Waals surface area contributed by atoms with E-state index in [1.807, 2.05) is 88.5 Å². The first kappa shape index (κ1) is 32.4. The molecule has 4 rings (SSSR count). The van der Waals surface area contributed by atoms with Gasteiger partial charge in [-0.2, -0.15) is 0 Å². The maximum Gasteiger partial charge on any atom is 0.250 e. The number of rotatable bonds is 13. The van der Waals surface area contributed by atoms with E-state index in [1.54, 1.807) is 9.80 Å². The molecule has 9 nitrogen and oxygen atoms in total. The Labute approximate surface area is 255 Å². The Hall–Kier alpha value is -3.56. The van der Waals surface area contributed by atoms with Crippen molar-refractivity contribution in [1.29, 1.82) is 0 Å². The molecule has 2 aromatic carbocycles. The predicted molar refractivity (Wildman–Crippen MR) is 165 cm³/mol. The summed E-state index contributed by atoms with van der Waals surface area (Å²) in [5.74, 6) is -1.23. The third-order valence-corrected chi connectivity index (χ3v) is 9.06. The summed E-state index contributed by atoms with van der Waals surface area (Å²) >= 11 is 0. The van der Waals surface area contributed by atoms with Crippen LogP contribution in [0, 0.1) is 5.41 Å². The van der Waals surface area contributed by atoms with Gasteiger partial charge in [-0.3, -0.25) is 24.1 Å². The van der Waals surface area contributed by atoms with Crippen LogP contribution in [0.5, 0.6) is 0 Å². The average Bonchev–Trinajstić information content (AvgIpc) is 3.03. The number of nitrogens with zero attached hydrogens (tertiary/aromatic N) is 4. The third kappa shape index (κ3) is 7.16. The van der Waals surface area contributed by atoms with Crippen molar-refractivity contribution in [2.75, 3.05) is 52.9 Å². The van der Waals surface area contributed by atoms with Gasteiger partial charge in [-0.25, -0.2) is 0 Å². The number of piperazine rings is 1. The zero-order chi connectivity index (χ0) is 31.0. The number of benzene rings is 2. The Morgan fingerprint density at radius 1 is 0.884 bits per heavy atom. The van der Waals surface area contributed by atoms with Crippen LogP contribution in [-0.2, 0) is 23.9 Å². The van der Waals surface area contributed by atoms with E-state index in [4.69, 9.17) is 4.74 Å². The Morgan fingerprint density at radius 2 is 1.44 bits per heavy atom. The fourth-order valence-corrected chi connectivity index (χ4v) is 6.21. The van der Waals surface area contributed by atoms with Gasteiger partial charge in [-0.1, -0.05) is 81.4 Å². The lowest BCUT2D eigenvalue weighted by Gasteiger charge is -2.54. The summed E-state index contributed by atoms with van der Waals surface area (Å²) in [5.41, 5.74) is 1.19. The number of imide groups is 1. The average molecular weight is 591 g/mol. The minimum Gasteiger partial charge on any atom is -0.347 e. The van der Waals surface area contributed by atoms with Crippen LogP contribution in [0.15, 0.2) is 60.7 Å². The first-order valence-corrected chi connectivity index (χ1v) is 15.6. The summed E-state index contributed by atoms with van der Waals surface area (Å²) in [6.07, 6.45) is 1.02. The van der Waals surface area contributed by atoms with E-state index in [0.717, 1.165) is 29.1 Å². The molecular weight excluding hydrogens is 544 g/mol. The summed E-state index contributed by atoms with van der Waals surface area (Å²) in [6, 6.07) is 19.8. The quantitative estimate of drug-likeness (QED) is 0.330. The van der Waals surface area contributed by atoms with Crippen molar-refractivity contribution in [3.05, 3.63) is 71.8 Å². The second-order valence-electron chi connectivity index (χ2n) is 11.7. The lowest BCUT2D eigenvalue weighted by Crippen LogP contribution is -2.72. The molecule has 0 aromatic heterocycles. The summed E-state index contributed by atoms with van der Waals surface area (Å²) in [4.78, 5) is 60.5. The number of likely N-dealkylation sites (tertiary alicyclic amines) is 1. The van der Waals surface area contributed by atoms with Gasteiger partial charge in [0.25, 0.3) is 5.91 Å². The molecule has 0 saturated carbocycles. The second kappa shape index (κ2) is 14.8. The lowest BCUT2D eigenvalue weighted by molar-refractivity contribution is -0.224. The standard InChI is InChI=1S/C34H46N4O5/c1-5-18-37(29(39)23-28(26-14-10-8-11-15-26)27-16-12-9-13-17-27)24-30(40)38-32(42)34(6-2,7-3)33(38)43-25-31(41)36-21-19-35(4)20-22-36/h8-17,28,33H,5-7,18-25H2,1-4H3. The van der Waals surface area contributed by atoms with Crippen LogP contribution in [0.2, 0.25) is 0 Å². The van der Waals surface area contributed by atoms with E-state index in [0.29, 0.717) is 38.9 Å². The van der Waals surface area contributed by atoms with Crippen molar-refractivity contribution in [3.63, 3.8) is 0 Å². The van der Waals surface area contributed by atoms with Crippen LogP contribution in [0.25, 0.3) is 0 Å². The van der Waals surface area contributed by atoms with Gasteiger partial charge in [0, 0.05) is 45.1 Å². The van der Waals surface area contributed by atoms with Crippen LogP contribution in [0.4, 0.5) is 0 Å². The SMILES string of the molecule is CCCN(CC(=O)N1C(=O)C(CC)(CC)C1OCC(=O)N1CCN(C)CC1)C(=O)CC(c1ccccc1)c1ccccc1. The molecule has 2 aliphatic heterocycles. The van der Waals surface area contributed by atoms with Gasteiger partial charge in [0.2, 0.25) is 17.7 Å². The number of hydrogen-bond donors (Lipinski definition) is 0. The van der Waals surface area contributed by atoms with Gasteiger partial charge in [0.15, 0.2) is 6.23 Å². The molecule has 43 heavy (non-hydrogen) atoms. The van der Waals surface area contributed by atoms with Crippen molar-refractivity contribution >= 4 is 23.6 Å². The van der Waals surface area contributed by atoms with E-state index in [1.165, 1.54) is 0 Å². The van der Waals surface area contributed by atoms with Crippen LogP contribution < -0.4 is 0 Å². The highest BCUT2D eigenvalue weighted by Crippen LogP contribution is 2.46. The fourth-order valence-electron chi connectivity index (χ4n) is 6.21. The molecule has 2 aliphatic rings. The molecular formula is C34H46N4O5. The van der Waals surface area contributed by atoms with Crippen LogP contribution >= 0.6 is 0 Å². The number of hydrogen-bond acceptors (Lipinski definition) is 6. The molecule has 2 aromatic rings. The lowest BCUT2D eigenvalue weighted by atomic mass is 9.71. The molecule has 4 amide bonds. The molecule has 1 unspecified atom stereocenters. The van der Waals surface area contributed by atoms with E-state index < -0.39 is 17.6 Å². The molecule has 2 fully saturated rings. The van der Waals surface area contributed by atoms with Crippen molar-refractivity contribution in [2.45, 2.75) is 58.6 Å². The van der Waals surface area contributed by atoms with Crippen LogP contribution in [0.1, 0.15) is 63.5 Å². The monoisotopic (exact) mass is 590 g/mol. The molecule has 2 heterocycles. The Balaban J connectivity index is 1.47. The first-order chi connectivity index (χ1) is 20.7. The Kier molecular flexibility index (Phi) is 11.1. The van der Waals surface area contributed by atoms with Gasteiger partial charge in [-0.15, -0.1) is 0 Å². The minimum atomic E-state index is -0.858. The van der Waals surface area contributed by atoms with Crippen LogP contribution in [-0.4, -0.2) is 102 Å². The summed E-state index contributed by atoms with van der Waals surface area (Å²) in [6.45, 7) is 8.59. The van der Waals surface area contributed by atoms with Gasteiger partial charge in [-0.05, 0) is 37.4 Å². The molecule has 0 N–H and O–H groups in total. The molecule has 0 radical (unpaired) electrons. The predicted octanol–water partition coefficient (Wildman–Crippen LogP) is 3.74. The highest BCUT2D eigenvalue weighted by molar-refractivity contribution is 6.05. The smallest absolute Gasteiger partial charge is 0.250 e. The number of carbonyl (C=O) groups is 4. The highest BCUT2D eigenvalue weighted by Gasteiger charge is 2.62. The fraction of sp³-hybridized carbons (Fsp3) is 0.529. The van der Waals surface area contributed by atoms with E-state index in [9.17, 15) is 19.2 Å². The topological polar surface area (TPSA) is 90.5 Å². The van der Waals surface area contributed by atoms with Gasteiger partial charge in [0.1, 0.15) is 13.2 Å². The van der Waals surface area contributed by atoms with E-state index in [2.05, 4.69) is 4.90 Å². The van der Waals surface area contributed by atoms with E-state index >= 15 is 0 Å². The normalized spacial score (nSPS) is 18.4. The van der Waals surface area contributed by atoms with E-state index in [-0.39, 0.29) is 43.2 Å². The van der Waals surface area contributed by atoms with Crippen molar-refractivity contribution in [3.8, 4) is 0 Å². The number of likely N-dealkylation sites (N-methyl/N-ethyl adjacent to an activating group) is 1. The third-order valence-electron chi connectivity index (χ3n) is 9.06. The highest BCUT2D eigenvalue weighted by atomic mass is 16.5. The van der Waals surface area contributed by atoms with Crippen molar-refractivity contribution in [2.24, 2.45) is 5.41 Å². The Morgan fingerprint density at radius 3 is 1.95 bits per heavy atom. The first-order valence-electron chi connectivity index (χ1n) is 15.6. The molecule has 0 bridgehead atoms. The summed E-state index contributed by atoms with van der Waals surface area (Å²) < 4.78 is 6.08. The zero-order valence-corrected chi connectivity index (χ0v) is 26.0. The van der Waals surface area contributed by atoms with Crippen LogP contribution in [0.3, 0.4) is 0 Å². The maximum absolute atomic E-state index is 13.8. The minimum absolute atomic E-state index is 0.142. The molecule has 0 spiro atoms.